The highest BCUT2D eigenvalue weighted by Gasteiger charge is 3.02. The predicted molar refractivity (Wildman–Crippen MR) is 283 cm³/mol. The van der Waals surface area contributed by atoms with E-state index in [1.807, 2.05) is 26.0 Å². The predicted octanol–water partition coefficient (Wildman–Crippen LogP) is 12.0. The van der Waals surface area contributed by atoms with Crippen LogP contribution in [-0.2, 0) is 54.3 Å². The Balaban J connectivity index is 0.950. The molecule has 8 saturated carbocycles. The maximum atomic E-state index is 15.1. The molecule has 416 valence electrons. The van der Waals surface area contributed by atoms with Gasteiger partial charge in [0.15, 0.2) is 0 Å². The molecule has 1 aromatic rings. The first-order valence-electron chi connectivity index (χ1n) is 29.2. The lowest BCUT2D eigenvalue weighted by Gasteiger charge is -2.59. The maximum Gasteiger partial charge on any atom is 0.347 e. The molecule has 2 N–H and O–H groups in total. The number of aryl methyl sites for hydroxylation is 2. The Morgan fingerprint density at radius 2 is 1.56 bits per heavy atom. The Bertz CT molecular complexity index is 2460. The van der Waals surface area contributed by atoms with Crippen molar-refractivity contribution < 1.29 is 57.9 Å². The summed E-state index contributed by atoms with van der Waals surface area (Å²) in [6.45, 7) is 31.6. The van der Waals surface area contributed by atoms with Crippen molar-refractivity contribution in [3.63, 3.8) is 0 Å². The summed E-state index contributed by atoms with van der Waals surface area (Å²) in [5.74, 6) is -2.19. The Labute approximate surface area is 447 Å². The van der Waals surface area contributed by atoms with Crippen LogP contribution in [0.25, 0.3) is 0 Å². The number of cyclic esters (lactones) is 1. The van der Waals surface area contributed by atoms with E-state index in [0.29, 0.717) is 68.8 Å². The second-order valence-corrected chi connectivity index (χ2v) is 28.0. The van der Waals surface area contributed by atoms with Crippen LogP contribution in [0.15, 0.2) is 24.3 Å². The fourth-order valence-corrected chi connectivity index (χ4v) is 18.3. The SMILES string of the molecule is C=C1CC(C)C(C)(OC(=O)C2(CC)C3C(C)(C(CC(C)C(C)(C)CC(CCC(C)C4(C(=O)OCc5cc(C)cc(C)c5O)CC4C)C(=O)OC45CC6CC(CC(O)(C6)C4)C5)C(=O)OC4CCOC4=O)C32C)C(CC)C1. The normalized spacial score (nSPS) is 40.6. The molecule has 16 atom stereocenters. The number of carbonyl (C=O) groups is 5. The highest BCUT2D eigenvalue weighted by atomic mass is 16.6. The van der Waals surface area contributed by atoms with E-state index in [2.05, 4.69) is 82.7 Å². The second kappa shape index (κ2) is 19.2. The maximum absolute atomic E-state index is 15.1. The molecule has 10 rings (SSSR count). The summed E-state index contributed by atoms with van der Waals surface area (Å²) in [5, 5.41) is 22.5. The number of hydrogen-bond acceptors (Lipinski definition) is 12. The Morgan fingerprint density at radius 3 is 2.13 bits per heavy atom. The summed E-state index contributed by atoms with van der Waals surface area (Å²) >= 11 is 0. The smallest absolute Gasteiger partial charge is 0.347 e. The molecule has 0 aromatic heterocycles. The van der Waals surface area contributed by atoms with Gasteiger partial charge in [0, 0.05) is 24.3 Å². The fraction of sp³-hybridized carbons (Fsp3) is 0.794. The minimum absolute atomic E-state index is 0.0253. The number of aromatic hydroxyl groups is 1. The van der Waals surface area contributed by atoms with Gasteiger partial charge in [-0.25, -0.2) is 4.79 Å². The van der Waals surface area contributed by atoms with Crippen molar-refractivity contribution in [3.8, 4) is 5.75 Å². The van der Waals surface area contributed by atoms with Crippen LogP contribution in [0.2, 0.25) is 0 Å². The number of carbonyl (C=O) groups excluding carboxylic acids is 5. The Morgan fingerprint density at radius 1 is 0.907 bits per heavy atom. The molecule has 0 amide bonds. The molecule has 1 aromatic carbocycles. The van der Waals surface area contributed by atoms with Crippen molar-refractivity contribution in [2.45, 2.75) is 222 Å². The van der Waals surface area contributed by atoms with E-state index in [-0.39, 0.29) is 72.4 Å². The van der Waals surface area contributed by atoms with Crippen LogP contribution >= 0.6 is 0 Å². The number of ether oxygens (including phenoxy) is 5. The quantitative estimate of drug-likeness (QED) is 0.0679. The van der Waals surface area contributed by atoms with Gasteiger partial charge >= 0.3 is 29.8 Å². The number of benzene rings is 1. The average Bonchev–Trinajstić information content (AvgIpc) is 4.36. The summed E-state index contributed by atoms with van der Waals surface area (Å²) in [7, 11) is 0. The molecule has 12 nitrogen and oxygen atoms in total. The van der Waals surface area contributed by atoms with Gasteiger partial charge in [-0.3, -0.25) is 19.2 Å². The summed E-state index contributed by atoms with van der Waals surface area (Å²) in [5.41, 5.74) is -1.88. The second-order valence-electron chi connectivity index (χ2n) is 28.0. The molecule has 0 radical (unpaired) electrons. The zero-order valence-corrected chi connectivity index (χ0v) is 47.9. The summed E-state index contributed by atoms with van der Waals surface area (Å²) in [4.78, 5) is 71.7. The van der Waals surface area contributed by atoms with Gasteiger partial charge in [0.25, 0.3) is 0 Å². The molecule has 75 heavy (non-hydrogen) atoms. The van der Waals surface area contributed by atoms with Crippen molar-refractivity contribution in [3.05, 3.63) is 41.0 Å². The van der Waals surface area contributed by atoms with E-state index >= 15 is 4.79 Å². The first kappa shape index (κ1) is 55.8. The van der Waals surface area contributed by atoms with E-state index in [1.54, 1.807) is 0 Å². The van der Waals surface area contributed by atoms with Crippen molar-refractivity contribution in [1.29, 1.82) is 0 Å². The van der Waals surface area contributed by atoms with Crippen LogP contribution in [0.3, 0.4) is 0 Å². The number of hydrogen-bond donors (Lipinski definition) is 2. The van der Waals surface area contributed by atoms with Gasteiger partial charge in [0.2, 0.25) is 6.10 Å². The number of phenols is 1. The van der Waals surface area contributed by atoms with Gasteiger partial charge < -0.3 is 33.9 Å². The summed E-state index contributed by atoms with van der Waals surface area (Å²) in [6, 6.07) is 3.75. The number of rotatable bonds is 21. The largest absolute Gasteiger partial charge is 0.507 e. The molecule has 16 unspecified atom stereocenters. The lowest BCUT2D eigenvalue weighted by molar-refractivity contribution is -0.223. The van der Waals surface area contributed by atoms with E-state index in [0.717, 1.165) is 62.5 Å². The van der Waals surface area contributed by atoms with Gasteiger partial charge in [0.1, 0.15) is 23.6 Å². The van der Waals surface area contributed by atoms with Gasteiger partial charge in [-0.05, 0) is 180 Å². The lowest BCUT2D eigenvalue weighted by Crippen LogP contribution is -2.60. The molecule has 1 aliphatic heterocycles. The molecule has 9 fully saturated rings. The van der Waals surface area contributed by atoms with Crippen molar-refractivity contribution >= 4 is 29.8 Å². The fourth-order valence-electron chi connectivity index (χ4n) is 18.3. The molecular weight excluding hydrogens is 949 g/mol. The van der Waals surface area contributed by atoms with E-state index in [4.69, 9.17) is 23.7 Å². The highest BCUT2D eigenvalue weighted by Crippen LogP contribution is 3.00. The number of aliphatic hydroxyl groups is 1. The van der Waals surface area contributed by atoms with E-state index in [9.17, 15) is 29.4 Å². The first-order chi connectivity index (χ1) is 35.0. The Kier molecular flexibility index (Phi) is 14.3. The van der Waals surface area contributed by atoms with Crippen LogP contribution in [0.4, 0.5) is 0 Å². The number of esters is 5. The van der Waals surface area contributed by atoms with E-state index < -0.39 is 73.8 Å². The zero-order valence-electron chi connectivity index (χ0n) is 47.9. The first-order valence-corrected chi connectivity index (χ1v) is 29.2. The Hall–Kier alpha value is -3.93. The standard InChI is InChI=1S/C63H92O12/c1-15-46-24-36(4)22-40(8)58(46,13)75-55(69)63(16-2)53-57(12,59(53,63)14)47(51(66)73-48-19-20-71-52(48)67)25-39(7)56(10,11)32-44(50(65)74-61-30-42-26-43(31-61)29-60(70,28-42)34-61)18-17-38(6)62(27-41(62)9)54(68)72-33-45-23-35(3)21-37(5)49(45)64/h21,23,38-44,46-48,53,64,70H,4,15-20,22,24-34H2,1-3,5-14H3. The third-order valence-electron chi connectivity index (χ3n) is 23.1. The molecule has 1 heterocycles. The zero-order chi connectivity index (χ0) is 54.8. The van der Waals surface area contributed by atoms with E-state index in [1.165, 1.54) is 5.57 Å². The topological polar surface area (TPSA) is 172 Å². The van der Waals surface area contributed by atoms with Crippen LogP contribution < -0.4 is 0 Å². The van der Waals surface area contributed by atoms with Crippen LogP contribution in [0.1, 0.15) is 196 Å². The molecule has 12 heteroatoms. The van der Waals surface area contributed by atoms with Crippen LogP contribution in [0.5, 0.6) is 5.75 Å². The molecule has 0 spiro atoms. The lowest BCUT2D eigenvalue weighted by atomic mass is 9.52. The molecule has 4 bridgehead atoms. The molecule has 9 aliphatic rings. The third-order valence-corrected chi connectivity index (χ3v) is 23.1. The van der Waals surface area contributed by atoms with Gasteiger partial charge in [-0.15, -0.1) is 0 Å². The van der Waals surface area contributed by atoms with Crippen LogP contribution in [0, 0.1) is 100 Å². The number of phenolic OH excluding ortho intramolecular Hbond substituents is 1. The minimum atomic E-state index is -0.985. The molecular formula is C63H92O12. The van der Waals surface area contributed by atoms with Crippen molar-refractivity contribution in [2.24, 2.45) is 86.3 Å². The highest BCUT2D eigenvalue weighted by molar-refractivity contribution is 5.90. The number of allylic oxidation sites excluding steroid dienone is 1. The van der Waals surface area contributed by atoms with Crippen LogP contribution in [-0.4, -0.2) is 69.6 Å². The molecule has 1 saturated heterocycles. The minimum Gasteiger partial charge on any atom is -0.507 e. The summed E-state index contributed by atoms with van der Waals surface area (Å²) in [6.07, 6.45) is 9.52. The van der Waals surface area contributed by atoms with Gasteiger partial charge in [-0.2, -0.15) is 0 Å². The third kappa shape index (κ3) is 9.08. The average molecular weight is 1040 g/mol. The number of fused-ring (bicyclic) bond motifs is 1. The van der Waals surface area contributed by atoms with Gasteiger partial charge in [-0.1, -0.05) is 93.0 Å². The van der Waals surface area contributed by atoms with Gasteiger partial charge in [0.05, 0.1) is 34.9 Å². The summed E-state index contributed by atoms with van der Waals surface area (Å²) < 4.78 is 30.9. The molecule has 8 aliphatic carbocycles. The van der Waals surface area contributed by atoms with Crippen molar-refractivity contribution in [2.75, 3.05) is 6.61 Å². The monoisotopic (exact) mass is 1040 g/mol. The van der Waals surface area contributed by atoms with Crippen molar-refractivity contribution in [1.82, 2.24) is 0 Å².